The monoisotopic (exact) mass is 218 g/mol. The fourth-order valence-corrected chi connectivity index (χ4v) is 1.51. The van der Waals surface area contributed by atoms with Crippen molar-refractivity contribution in [3.05, 3.63) is 11.8 Å². The van der Waals surface area contributed by atoms with Crippen molar-refractivity contribution in [2.24, 2.45) is 7.05 Å². The molecule has 0 aliphatic carbocycles. The van der Waals surface area contributed by atoms with Crippen molar-refractivity contribution >= 4 is 15.8 Å². The number of carbonyl (C=O) groups excluding carboxylic acids is 1. The SMILES string of the molecule is COC(=O)c1cc(S(C)(=O)=O)nn1C. The molecule has 0 unspecified atom stereocenters. The lowest BCUT2D eigenvalue weighted by Gasteiger charge is -1.96. The van der Waals surface area contributed by atoms with Crippen LogP contribution in [0, 0.1) is 0 Å². The van der Waals surface area contributed by atoms with Crippen molar-refractivity contribution in [2.45, 2.75) is 5.03 Å². The Bertz CT molecular complexity index is 460. The lowest BCUT2D eigenvalue weighted by atomic mass is 10.4. The van der Waals surface area contributed by atoms with Gasteiger partial charge < -0.3 is 4.74 Å². The number of carbonyl (C=O) groups is 1. The first-order valence-corrected chi connectivity index (χ1v) is 5.58. The van der Waals surface area contributed by atoms with Crippen LogP contribution in [0.2, 0.25) is 0 Å². The van der Waals surface area contributed by atoms with Gasteiger partial charge in [-0.15, -0.1) is 0 Å². The number of aryl methyl sites for hydroxylation is 1. The lowest BCUT2D eigenvalue weighted by molar-refractivity contribution is 0.0588. The molecule has 1 heterocycles. The quantitative estimate of drug-likeness (QED) is 0.632. The molecule has 0 aliphatic heterocycles. The molecule has 0 bridgehead atoms. The molecule has 1 aromatic heterocycles. The molecule has 1 rings (SSSR count). The van der Waals surface area contributed by atoms with E-state index in [1.165, 1.54) is 24.9 Å². The second-order valence-electron chi connectivity index (χ2n) is 2.76. The van der Waals surface area contributed by atoms with Crippen LogP contribution in [0.3, 0.4) is 0 Å². The van der Waals surface area contributed by atoms with E-state index < -0.39 is 15.8 Å². The van der Waals surface area contributed by atoms with Crippen molar-refractivity contribution in [2.75, 3.05) is 13.4 Å². The highest BCUT2D eigenvalue weighted by molar-refractivity contribution is 7.90. The minimum atomic E-state index is -3.39. The number of esters is 1. The molecule has 78 valence electrons. The van der Waals surface area contributed by atoms with Crippen LogP contribution in [0.4, 0.5) is 0 Å². The third kappa shape index (κ3) is 1.92. The maximum atomic E-state index is 11.1. The summed E-state index contributed by atoms with van der Waals surface area (Å²) in [6.45, 7) is 0. The van der Waals surface area contributed by atoms with E-state index in [-0.39, 0.29) is 10.7 Å². The minimum absolute atomic E-state index is 0.105. The first-order chi connectivity index (χ1) is 6.36. The summed E-state index contributed by atoms with van der Waals surface area (Å²) in [6, 6.07) is 1.18. The second-order valence-corrected chi connectivity index (χ2v) is 4.72. The summed E-state index contributed by atoms with van der Waals surface area (Å²) in [6.07, 6.45) is 1.02. The average molecular weight is 218 g/mol. The highest BCUT2D eigenvalue weighted by Gasteiger charge is 2.18. The predicted octanol–water partition coefficient (Wildman–Crippen LogP) is -0.390. The van der Waals surface area contributed by atoms with Gasteiger partial charge in [0.15, 0.2) is 14.9 Å². The van der Waals surface area contributed by atoms with Gasteiger partial charge in [0.1, 0.15) is 5.69 Å². The van der Waals surface area contributed by atoms with Crippen LogP contribution < -0.4 is 0 Å². The van der Waals surface area contributed by atoms with Crippen molar-refractivity contribution in [3.8, 4) is 0 Å². The Morgan fingerprint density at radius 1 is 1.57 bits per heavy atom. The maximum Gasteiger partial charge on any atom is 0.356 e. The molecule has 1 aromatic rings. The Labute approximate surface area is 81.4 Å². The number of hydrogen-bond acceptors (Lipinski definition) is 5. The number of rotatable bonds is 2. The first-order valence-electron chi connectivity index (χ1n) is 3.68. The number of methoxy groups -OCH3 is 1. The summed E-state index contributed by atoms with van der Waals surface area (Å²) in [5.74, 6) is -0.616. The van der Waals surface area contributed by atoms with Crippen LogP contribution in [0.15, 0.2) is 11.1 Å². The van der Waals surface area contributed by atoms with Crippen LogP contribution in [0.1, 0.15) is 10.5 Å². The molecule has 14 heavy (non-hydrogen) atoms. The topological polar surface area (TPSA) is 78.3 Å². The number of ether oxygens (including phenoxy) is 1. The van der Waals surface area contributed by atoms with Gasteiger partial charge in [0, 0.05) is 19.4 Å². The Morgan fingerprint density at radius 2 is 2.14 bits per heavy atom. The third-order valence-corrected chi connectivity index (χ3v) is 2.59. The summed E-state index contributed by atoms with van der Waals surface area (Å²) >= 11 is 0. The Hall–Kier alpha value is -1.37. The molecule has 0 saturated carbocycles. The summed E-state index contributed by atoms with van der Waals surface area (Å²) < 4.78 is 27.8. The molecule has 0 aromatic carbocycles. The molecule has 0 aliphatic rings. The van der Waals surface area contributed by atoms with Crippen molar-refractivity contribution in [3.63, 3.8) is 0 Å². The van der Waals surface area contributed by atoms with E-state index in [2.05, 4.69) is 9.84 Å². The first kappa shape index (κ1) is 10.7. The largest absolute Gasteiger partial charge is 0.464 e. The van der Waals surface area contributed by atoms with Gasteiger partial charge in [-0.3, -0.25) is 4.68 Å². The van der Waals surface area contributed by atoms with Gasteiger partial charge in [0.25, 0.3) is 0 Å². The molecular formula is C7H10N2O4S. The molecule has 0 spiro atoms. The van der Waals surface area contributed by atoms with E-state index in [1.807, 2.05) is 0 Å². The van der Waals surface area contributed by atoms with Gasteiger partial charge in [-0.05, 0) is 0 Å². The van der Waals surface area contributed by atoms with Gasteiger partial charge in [0.2, 0.25) is 0 Å². The standard InChI is InChI=1S/C7H10N2O4S/c1-9-5(7(10)13-2)4-6(8-9)14(3,11)12/h4H,1-3H3. The molecule has 0 fully saturated rings. The van der Waals surface area contributed by atoms with Gasteiger partial charge >= 0.3 is 5.97 Å². The molecule has 0 N–H and O–H groups in total. The maximum absolute atomic E-state index is 11.1. The van der Waals surface area contributed by atoms with Crippen molar-refractivity contribution in [1.29, 1.82) is 0 Å². The number of nitrogens with zero attached hydrogens (tertiary/aromatic N) is 2. The highest BCUT2D eigenvalue weighted by atomic mass is 32.2. The lowest BCUT2D eigenvalue weighted by Crippen LogP contribution is -2.08. The summed E-state index contributed by atoms with van der Waals surface area (Å²) in [4.78, 5) is 11.1. The fraction of sp³-hybridized carbons (Fsp3) is 0.429. The molecular weight excluding hydrogens is 208 g/mol. The smallest absolute Gasteiger partial charge is 0.356 e. The van der Waals surface area contributed by atoms with Crippen molar-refractivity contribution < 1.29 is 17.9 Å². The predicted molar refractivity (Wildman–Crippen MR) is 47.7 cm³/mol. The van der Waals surface area contributed by atoms with Crippen molar-refractivity contribution in [1.82, 2.24) is 9.78 Å². The van der Waals surface area contributed by atoms with E-state index in [9.17, 15) is 13.2 Å². The van der Waals surface area contributed by atoms with E-state index in [4.69, 9.17) is 0 Å². The Morgan fingerprint density at radius 3 is 2.50 bits per heavy atom. The number of aromatic nitrogens is 2. The summed E-state index contributed by atoms with van der Waals surface area (Å²) in [5, 5.41) is 3.54. The molecule has 6 nitrogen and oxygen atoms in total. The van der Waals surface area contributed by atoms with Crippen LogP contribution >= 0.6 is 0 Å². The van der Waals surface area contributed by atoms with Gasteiger partial charge in [-0.1, -0.05) is 0 Å². The molecule has 0 radical (unpaired) electrons. The Balaban J connectivity index is 3.25. The fourth-order valence-electron chi connectivity index (χ4n) is 0.918. The average Bonchev–Trinajstić information content (AvgIpc) is 2.45. The van der Waals surface area contributed by atoms with Crippen LogP contribution in [-0.4, -0.2) is 37.5 Å². The second kappa shape index (κ2) is 3.41. The number of sulfone groups is 1. The zero-order valence-corrected chi connectivity index (χ0v) is 8.83. The van der Waals surface area contributed by atoms with Crippen LogP contribution in [0.5, 0.6) is 0 Å². The Kier molecular flexibility index (Phi) is 2.61. The van der Waals surface area contributed by atoms with E-state index >= 15 is 0 Å². The van der Waals surface area contributed by atoms with E-state index in [0.29, 0.717) is 0 Å². The van der Waals surface area contributed by atoms with Crippen LogP contribution in [-0.2, 0) is 21.6 Å². The zero-order chi connectivity index (χ0) is 10.9. The zero-order valence-electron chi connectivity index (χ0n) is 8.01. The van der Waals surface area contributed by atoms with E-state index in [0.717, 1.165) is 6.26 Å². The summed E-state index contributed by atoms with van der Waals surface area (Å²) in [5.41, 5.74) is 0.105. The van der Waals surface area contributed by atoms with Gasteiger partial charge in [-0.2, -0.15) is 5.10 Å². The number of hydrogen-bond donors (Lipinski definition) is 0. The van der Waals surface area contributed by atoms with Gasteiger partial charge in [0.05, 0.1) is 7.11 Å². The molecule has 7 heteroatoms. The summed E-state index contributed by atoms with van der Waals surface area (Å²) in [7, 11) is -0.695. The minimum Gasteiger partial charge on any atom is -0.464 e. The normalized spacial score (nSPS) is 11.4. The molecule has 0 saturated heterocycles. The molecule has 0 atom stereocenters. The third-order valence-electron chi connectivity index (χ3n) is 1.63. The molecule has 0 amide bonds. The van der Waals surface area contributed by atoms with E-state index in [1.54, 1.807) is 0 Å². The van der Waals surface area contributed by atoms with Gasteiger partial charge in [-0.25, -0.2) is 13.2 Å². The van der Waals surface area contributed by atoms with Crippen LogP contribution in [0.25, 0.3) is 0 Å². The highest BCUT2D eigenvalue weighted by Crippen LogP contribution is 2.09.